The molecule has 23 heavy (non-hydrogen) atoms. The summed E-state index contributed by atoms with van der Waals surface area (Å²) in [5.74, 6) is -0.520. The highest BCUT2D eigenvalue weighted by atomic mass is 16.6. The summed E-state index contributed by atoms with van der Waals surface area (Å²) in [6.07, 6.45) is 3.04. The first-order chi connectivity index (χ1) is 10.8. The van der Waals surface area contributed by atoms with E-state index < -0.39 is 27.1 Å². The van der Waals surface area contributed by atoms with Crippen molar-refractivity contribution in [2.45, 2.75) is 0 Å². The molecule has 0 aliphatic carbocycles. The average Bonchev–Trinajstić information content (AvgIpc) is 2.53. The lowest BCUT2D eigenvalue weighted by Crippen LogP contribution is -2.42. The van der Waals surface area contributed by atoms with Gasteiger partial charge in [-0.25, -0.2) is 4.79 Å². The van der Waals surface area contributed by atoms with Gasteiger partial charge in [0, 0.05) is 44.0 Å². The number of carbonyl (C=O) groups is 1. The van der Waals surface area contributed by atoms with Gasteiger partial charge in [0.2, 0.25) is 0 Å². The van der Waals surface area contributed by atoms with Gasteiger partial charge in [0.15, 0.2) is 12.4 Å². The zero-order valence-corrected chi connectivity index (χ0v) is 12.4. The van der Waals surface area contributed by atoms with Crippen molar-refractivity contribution in [1.82, 2.24) is 0 Å². The maximum absolute atomic E-state index is 12.3. The number of nitro benzene ring substituents is 2. The fraction of sp³-hybridized carbons (Fsp3) is 0.143. The number of rotatable bonds is 4. The lowest BCUT2D eigenvalue weighted by molar-refractivity contribution is -0.570. The van der Waals surface area contributed by atoms with Gasteiger partial charge in [-0.3, -0.25) is 20.2 Å². The number of benzene rings is 1. The second-order valence-corrected chi connectivity index (χ2v) is 4.88. The van der Waals surface area contributed by atoms with Crippen molar-refractivity contribution in [3.8, 4) is 0 Å². The van der Waals surface area contributed by atoms with Crippen molar-refractivity contribution in [3.63, 3.8) is 0 Å². The van der Waals surface area contributed by atoms with Crippen molar-refractivity contribution in [2.24, 2.45) is 0 Å². The third-order valence-corrected chi connectivity index (χ3v) is 3.18. The topological polar surface area (TPSA) is 110 Å². The van der Waals surface area contributed by atoms with E-state index in [1.54, 1.807) is 12.1 Å². The van der Waals surface area contributed by atoms with E-state index in [0.29, 0.717) is 0 Å². The summed E-state index contributed by atoms with van der Waals surface area (Å²) in [6, 6.07) is 6.48. The molecule has 0 N–H and O–H groups in total. The van der Waals surface area contributed by atoms with Crippen LogP contribution in [0.4, 0.5) is 17.1 Å². The van der Waals surface area contributed by atoms with Gasteiger partial charge in [-0.2, -0.15) is 0 Å². The summed E-state index contributed by atoms with van der Waals surface area (Å²) in [6.45, 7) is 0. The van der Waals surface area contributed by atoms with Crippen LogP contribution < -0.4 is 9.47 Å². The van der Waals surface area contributed by atoms with E-state index in [2.05, 4.69) is 0 Å². The van der Waals surface area contributed by atoms with Crippen LogP contribution in [-0.4, -0.2) is 29.8 Å². The van der Waals surface area contributed by atoms with Crippen LogP contribution in [0.5, 0.6) is 0 Å². The SMILES string of the molecule is CN(C)c1cc[n+](C(=O)c2ccc([N+](=O)[O-])c([N+](=O)[O-])c2)cc1. The molecule has 0 unspecified atom stereocenters. The van der Waals surface area contributed by atoms with Crippen molar-refractivity contribution in [2.75, 3.05) is 19.0 Å². The van der Waals surface area contributed by atoms with E-state index >= 15 is 0 Å². The second-order valence-electron chi connectivity index (χ2n) is 4.88. The van der Waals surface area contributed by atoms with Crippen molar-refractivity contribution >= 4 is 23.0 Å². The first-order valence-corrected chi connectivity index (χ1v) is 6.47. The molecule has 1 aromatic heterocycles. The van der Waals surface area contributed by atoms with E-state index in [1.165, 1.54) is 23.0 Å². The predicted molar refractivity (Wildman–Crippen MR) is 80.4 cm³/mol. The molecular weight excluding hydrogens is 304 g/mol. The Morgan fingerprint density at radius 3 is 2.04 bits per heavy atom. The fourth-order valence-electron chi connectivity index (χ4n) is 1.96. The maximum Gasteiger partial charge on any atom is 0.424 e. The Morgan fingerprint density at radius 2 is 1.57 bits per heavy atom. The number of carbonyl (C=O) groups excluding carboxylic acids is 1. The van der Waals surface area contributed by atoms with Gasteiger partial charge < -0.3 is 4.90 Å². The molecule has 0 atom stereocenters. The van der Waals surface area contributed by atoms with E-state index in [0.717, 1.165) is 17.8 Å². The van der Waals surface area contributed by atoms with Gasteiger partial charge in [-0.15, -0.1) is 4.57 Å². The highest BCUT2D eigenvalue weighted by Crippen LogP contribution is 2.27. The van der Waals surface area contributed by atoms with Crippen molar-refractivity contribution < 1.29 is 19.2 Å². The molecule has 1 heterocycles. The van der Waals surface area contributed by atoms with Gasteiger partial charge in [0.05, 0.1) is 15.4 Å². The molecule has 0 spiro atoms. The maximum atomic E-state index is 12.3. The number of hydrogen-bond donors (Lipinski definition) is 0. The fourth-order valence-corrected chi connectivity index (χ4v) is 1.96. The summed E-state index contributed by atoms with van der Waals surface area (Å²) >= 11 is 0. The van der Waals surface area contributed by atoms with Crippen LogP contribution in [0.3, 0.4) is 0 Å². The Kier molecular flexibility index (Phi) is 4.30. The molecule has 0 fully saturated rings. The molecule has 0 aliphatic heterocycles. The van der Waals surface area contributed by atoms with E-state index in [1.807, 2.05) is 19.0 Å². The van der Waals surface area contributed by atoms with E-state index in [4.69, 9.17) is 0 Å². The van der Waals surface area contributed by atoms with Crippen LogP contribution in [0.25, 0.3) is 0 Å². The summed E-state index contributed by atoms with van der Waals surface area (Å²) in [7, 11) is 3.70. The predicted octanol–water partition coefficient (Wildman–Crippen LogP) is 1.54. The number of anilines is 1. The molecule has 0 radical (unpaired) electrons. The van der Waals surface area contributed by atoms with Gasteiger partial charge in [-0.05, 0) is 6.07 Å². The minimum Gasteiger partial charge on any atom is -0.377 e. The van der Waals surface area contributed by atoms with Gasteiger partial charge in [0.25, 0.3) is 0 Å². The zero-order chi connectivity index (χ0) is 17.1. The highest BCUT2D eigenvalue weighted by molar-refractivity contribution is 5.88. The monoisotopic (exact) mass is 317 g/mol. The number of nitro groups is 2. The summed E-state index contributed by atoms with van der Waals surface area (Å²) in [5.41, 5.74) is -0.500. The molecular formula is C14H13N4O5+. The lowest BCUT2D eigenvalue weighted by Gasteiger charge is -2.09. The third-order valence-electron chi connectivity index (χ3n) is 3.18. The van der Waals surface area contributed by atoms with Crippen LogP contribution in [0.15, 0.2) is 42.7 Å². The lowest BCUT2D eigenvalue weighted by atomic mass is 10.1. The molecule has 0 bridgehead atoms. The molecule has 9 nitrogen and oxygen atoms in total. The quantitative estimate of drug-likeness (QED) is 0.480. The zero-order valence-electron chi connectivity index (χ0n) is 12.4. The Bertz CT molecular complexity index is 786. The average molecular weight is 317 g/mol. The van der Waals surface area contributed by atoms with Crippen LogP contribution >= 0.6 is 0 Å². The normalized spacial score (nSPS) is 10.2. The van der Waals surface area contributed by atoms with Crippen molar-refractivity contribution in [1.29, 1.82) is 0 Å². The van der Waals surface area contributed by atoms with E-state index in [-0.39, 0.29) is 5.56 Å². The first-order valence-electron chi connectivity index (χ1n) is 6.47. The molecule has 2 rings (SSSR count). The Labute approximate surface area is 130 Å². The molecule has 1 aromatic carbocycles. The summed E-state index contributed by atoms with van der Waals surface area (Å²) in [5, 5.41) is 21.7. The molecule has 9 heteroatoms. The molecule has 2 aromatic rings. The molecule has 0 amide bonds. The van der Waals surface area contributed by atoms with Crippen LogP contribution in [0, 0.1) is 20.2 Å². The summed E-state index contributed by atoms with van der Waals surface area (Å²) in [4.78, 5) is 34.2. The smallest absolute Gasteiger partial charge is 0.377 e. The number of pyridine rings is 1. The van der Waals surface area contributed by atoms with Crippen LogP contribution in [0.2, 0.25) is 0 Å². The van der Waals surface area contributed by atoms with Crippen molar-refractivity contribution in [3.05, 3.63) is 68.5 Å². The molecule has 0 aliphatic rings. The van der Waals surface area contributed by atoms with E-state index in [9.17, 15) is 25.0 Å². The Balaban J connectivity index is 2.41. The van der Waals surface area contributed by atoms with Crippen LogP contribution in [0.1, 0.15) is 10.4 Å². The minimum absolute atomic E-state index is 0.00935. The standard InChI is InChI=1S/C14H13N4O5/c1-15(2)11-5-7-16(8-6-11)14(19)10-3-4-12(17(20)21)13(9-10)18(22)23/h3-9H,1-2H3/q+1. The Morgan fingerprint density at radius 1 is 1.00 bits per heavy atom. The van der Waals surface area contributed by atoms with Crippen LogP contribution in [-0.2, 0) is 0 Å². The third kappa shape index (κ3) is 3.28. The highest BCUT2D eigenvalue weighted by Gasteiger charge is 2.28. The molecule has 0 saturated heterocycles. The number of nitrogens with zero attached hydrogens (tertiary/aromatic N) is 4. The molecule has 118 valence electrons. The summed E-state index contributed by atoms with van der Waals surface area (Å²) < 4.78 is 1.25. The van der Waals surface area contributed by atoms with Gasteiger partial charge in [0.1, 0.15) is 0 Å². The van der Waals surface area contributed by atoms with Gasteiger partial charge >= 0.3 is 17.3 Å². The number of aromatic nitrogens is 1. The second kappa shape index (κ2) is 6.18. The first kappa shape index (κ1) is 16.0. The van der Waals surface area contributed by atoms with Gasteiger partial charge in [-0.1, -0.05) is 0 Å². The molecule has 0 saturated carbocycles. The Hall–Kier alpha value is -3.36. The number of hydrogen-bond acceptors (Lipinski definition) is 6. The minimum atomic E-state index is -0.880. The largest absolute Gasteiger partial charge is 0.424 e.